The molecular weight excluding hydrogens is 296 g/mol. The van der Waals surface area contributed by atoms with Crippen molar-refractivity contribution in [3.05, 3.63) is 102 Å². The van der Waals surface area contributed by atoms with E-state index in [1.54, 1.807) is 0 Å². The Hall–Kier alpha value is -3.13. The van der Waals surface area contributed by atoms with E-state index in [-0.39, 0.29) is 0 Å². The number of hydrogen-bond donors (Lipinski definition) is 0. The van der Waals surface area contributed by atoms with Crippen LogP contribution in [0.25, 0.3) is 11.6 Å². The van der Waals surface area contributed by atoms with Gasteiger partial charge in [-0.2, -0.15) is 0 Å². The Morgan fingerprint density at radius 1 is 0.833 bits per heavy atom. The predicted octanol–water partition coefficient (Wildman–Crippen LogP) is 5.01. The summed E-state index contributed by atoms with van der Waals surface area (Å²) in [5.74, 6) is 0.783. The lowest BCUT2D eigenvalue weighted by Gasteiger charge is -2.07. The van der Waals surface area contributed by atoms with Crippen LogP contribution in [0.2, 0.25) is 0 Å². The average molecular weight is 314 g/mol. The van der Waals surface area contributed by atoms with E-state index >= 15 is 0 Å². The summed E-state index contributed by atoms with van der Waals surface area (Å²) in [4.78, 5) is 11.4. The molecule has 0 aliphatic rings. The summed E-state index contributed by atoms with van der Waals surface area (Å²) in [7, 11) is 0. The summed E-state index contributed by atoms with van der Waals surface area (Å²) in [5, 5.41) is 0. The van der Waals surface area contributed by atoms with Gasteiger partial charge in [0.1, 0.15) is 12.4 Å². The van der Waals surface area contributed by atoms with Crippen LogP contribution in [0, 0.1) is 0 Å². The van der Waals surface area contributed by atoms with Gasteiger partial charge >= 0.3 is 0 Å². The topological polar surface area (TPSA) is 26.3 Å². The third-order valence-electron chi connectivity index (χ3n) is 3.66. The standard InChI is InChI=1S/C22H18O2/c23-16-21(20-11-5-2-6-12-20)14-19-10-7-13-22(15-19)24-17-18-8-3-1-4-9-18/h1-16H,17H2/b21-14+. The highest BCUT2D eigenvalue weighted by Gasteiger charge is 2.01. The minimum atomic E-state index is 0.521. The molecule has 3 aromatic rings. The zero-order valence-corrected chi connectivity index (χ0v) is 13.3. The number of hydrogen-bond acceptors (Lipinski definition) is 2. The van der Waals surface area contributed by atoms with Gasteiger partial charge in [-0.25, -0.2) is 0 Å². The van der Waals surface area contributed by atoms with Crippen LogP contribution in [0.15, 0.2) is 84.9 Å². The molecule has 0 radical (unpaired) electrons. The van der Waals surface area contributed by atoms with Gasteiger partial charge in [0.05, 0.1) is 0 Å². The van der Waals surface area contributed by atoms with Gasteiger partial charge in [0, 0.05) is 5.57 Å². The lowest BCUT2D eigenvalue weighted by molar-refractivity contribution is -0.103. The predicted molar refractivity (Wildman–Crippen MR) is 97.6 cm³/mol. The third kappa shape index (κ3) is 4.20. The highest BCUT2D eigenvalue weighted by molar-refractivity contribution is 6.13. The molecule has 0 aliphatic heterocycles. The molecule has 0 aliphatic carbocycles. The van der Waals surface area contributed by atoms with Gasteiger partial charge in [-0.1, -0.05) is 72.8 Å². The molecule has 0 saturated heterocycles. The first-order valence-electron chi connectivity index (χ1n) is 7.84. The molecule has 0 saturated carbocycles. The zero-order valence-electron chi connectivity index (χ0n) is 13.3. The highest BCUT2D eigenvalue weighted by atomic mass is 16.5. The molecule has 3 rings (SSSR count). The Labute approximate surface area is 142 Å². The maximum absolute atomic E-state index is 11.4. The number of benzene rings is 3. The highest BCUT2D eigenvalue weighted by Crippen LogP contribution is 2.20. The minimum absolute atomic E-state index is 0.521. The molecule has 2 heteroatoms. The molecule has 118 valence electrons. The number of aldehydes is 1. The molecule has 3 aromatic carbocycles. The van der Waals surface area contributed by atoms with E-state index in [0.29, 0.717) is 12.2 Å². The molecule has 0 N–H and O–H groups in total. The minimum Gasteiger partial charge on any atom is -0.489 e. The first-order chi connectivity index (χ1) is 11.8. The van der Waals surface area contributed by atoms with Gasteiger partial charge in [-0.3, -0.25) is 4.79 Å². The van der Waals surface area contributed by atoms with Crippen molar-refractivity contribution < 1.29 is 9.53 Å². The molecule has 2 nitrogen and oxygen atoms in total. The molecule has 0 bridgehead atoms. The number of allylic oxidation sites excluding steroid dienone is 1. The maximum atomic E-state index is 11.4. The second-order valence-electron chi connectivity index (χ2n) is 5.43. The Bertz CT molecular complexity index is 821. The van der Waals surface area contributed by atoms with Crippen LogP contribution in [0.1, 0.15) is 16.7 Å². The van der Waals surface area contributed by atoms with Crippen molar-refractivity contribution in [2.24, 2.45) is 0 Å². The third-order valence-corrected chi connectivity index (χ3v) is 3.66. The van der Waals surface area contributed by atoms with Crippen molar-refractivity contribution in [1.82, 2.24) is 0 Å². The molecule has 24 heavy (non-hydrogen) atoms. The fourth-order valence-corrected chi connectivity index (χ4v) is 2.43. The number of carbonyl (C=O) groups is 1. The quantitative estimate of drug-likeness (QED) is 0.363. The van der Waals surface area contributed by atoms with Crippen LogP contribution >= 0.6 is 0 Å². The molecular formula is C22H18O2. The first-order valence-corrected chi connectivity index (χ1v) is 7.84. The van der Waals surface area contributed by atoms with Crippen molar-refractivity contribution in [3.8, 4) is 5.75 Å². The van der Waals surface area contributed by atoms with Crippen molar-refractivity contribution in [3.63, 3.8) is 0 Å². The van der Waals surface area contributed by atoms with Crippen LogP contribution in [0.3, 0.4) is 0 Å². The molecule has 0 amide bonds. The molecule has 0 atom stereocenters. The fraction of sp³-hybridized carbons (Fsp3) is 0.0455. The number of rotatable bonds is 6. The summed E-state index contributed by atoms with van der Waals surface area (Å²) in [6.07, 6.45) is 2.75. The van der Waals surface area contributed by atoms with E-state index in [9.17, 15) is 4.79 Å². The van der Waals surface area contributed by atoms with Crippen LogP contribution in [-0.4, -0.2) is 6.29 Å². The van der Waals surface area contributed by atoms with Crippen molar-refractivity contribution in [2.45, 2.75) is 6.61 Å². The Balaban J connectivity index is 1.77. The van der Waals surface area contributed by atoms with Crippen LogP contribution in [0.5, 0.6) is 5.75 Å². The molecule has 0 heterocycles. The van der Waals surface area contributed by atoms with Gasteiger partial charge in [-0.15, -0.1) is 0 Å². The normalized spacial score (nSPS) is 11.1. The Morgan fingerprint density at radius 3 is 2.25 bits per heavy atom. The van der Waals surface area contributed by atoms with E-state index in [0.717, 1.165) is 28.7 Å². The summed E-state index contributed by atoms with van der Waals surface area (Å²) >= 11 is 0. The fourth-order valence-electron chi connectivity index (χ4n) is 2.43. The second-order valence-corrected chi connectivity index (χ2v) is 5.43. The molecule has 0 aromatic heterocycles. The smallest absolute Gasteiger partial charge is 0.150 e. The summed E-state index contributed by atoms with van der Waals surface area (Å²) < 4.78 is 5.84. The summed E-state index contributed by atoms with van der Waals surface area (Å²) in [6, 6.07) is 27.4. The van der Waals surface area contributed by atoms with E-state index in [2.05, 4.69) is 0 Å². The van der Waals surface area contributed by atoms with Crippen molar-refractivity contribution in [2.75, 3.05) is 0 Å². The molecule has 0 fully saturated rings. The largest absolute Gasteiger partial charge is 0.489 e. The second kappa shape index (κ2) is 7.93. The van der Waals surface area contributed by atoms with Crippen LogP contribution in [0.4, 0.5) is 0 Å². The van der Waals surface area contributed by atoms with E-state index < -0.39 is 0 Å². The van der Waals surface area contributed by atoms with Gasteiger partial charge in [0.25, 0.3) is 0 Å². The molecule has 0 unspecified atom stereocenters. The Kier molecular flexibility index (Phi) is 5.21. The summed E-state index contributed by atoms with van der Waals surface area (Å²) in [5.41, 5.74) is 3.61. The van der Waals surface area contributed by atoms with E-state index in [1.165, 1.54) is 0 Å². The SMILES string of the molecule is O=C/C(=C\c1cccc(OCc2ccccc2)c1)c1ccccc1. The average Bonchev–Trinajstić information content (AvgIpc) is 2.66. The van der Waals surface area contributed by atoms with Gasteiger partial charge in [0.15, 0.2) is 6.29 Å². The van der Waals surface area contributed by atoms with Gasteiger partial charge in [-0.05, 0) is 34.9 Å². The lowest BCUT2D eigenvalue weighted by Crippen LogP contribution is -1.95. The van der Waals surface area contributed by atoms with E-state index in [4.69, 9.17) is 4.74 Å². The number of carbonyl (C=O) groups excluding carboxylic acids is 1. The lowest BCUT2D eigenvalue weighted by atomic mass is 10.0. The molecule has 0 spiro atoms. The number of ether oxygens (including phenoxy) is 1. The Morgan fingerprint density at radius 2 is 1.54 bits per heavy atom. The van der Waals surface area contributed by atoms with Crippen LogP contribution < -0.4 is 4.74 Å². The maximum Gasteiger partial charge on any atom is 0.150 e. The first kappa shape index (κ1) is 15.8. The van der Waals surface area contributed by atoms with E-state index in [1.807, 2.05) is 91.0 Å². The monoisotopic (exact) mass is 314 g/mol. The van der Waals surface area contributed by atoms with Crippen LogP contribution in [-0.2, 0) is 11.4 Å². The summed E-state index contributed by atoms with van der Waals surface area (Å²) in [6.45, 7) is 0.521. The van der Waals surface area contributed by atoms with Crippen molar-refractivity contribution >= 4 is 17.9 Å². The van der Waals surface area contributed by atoms with Gasteiger partial charge < -0.3 is 4.74 Å². The van der Waals surface area contributed by atoms with Gasteiger partial charge in [0.2, 0.25) is 0 Å². The zero-order chi connectivity index (χ0) is 16.6. The van der Waals surface area contributed by atoms with Crippen molar-refractivity contribution in [1.29, 1.82) is 0 Å².